The van der Waals surface area contributed by atoms with Crippen LogP contribution in [0.5, 0.6) is 11.5 Å². The third kappa shape index (κ3) is 7.97. The van der Waals surface area contributed by atoms with Gasteiger partial charge >= 0.3 is 6.09 Å². The van der Waals surface area contributed by atoms with Crippen LogP contribution in [0.25, 0.3) is 0 Å². The molecule has 3 rings (SSSR count). The number of carbonyl (C=O) groups is 2. The van der Waals surface area contributed by atoms with Crippen molar-refractivity contribution < 1.29 is 19.1 Å². The zero-order chi connectivity index (χ0) is 25.4. The Morgan fingerprint density at radius 2 is 1.37 bits per heavy atom. The summed E-state index contributed by atoms with van der Waals surface area (Å²) in [5, 5.41) is 0. The first-order chi connectivity index (χ1) is 16.6. The van der Waals surface area contributed by atoms with Crippen LogP contribution in [-0.4, -0.2) is 47.9 Å². The second kappa shape index (κ2) is 11.7. The molecule has 0 aliphatic heterocycles. The van der Waals surface area contributed by atoms with E-state index in [1.54, 1.807) is 32.3 Å². The number of carbonyl (C=O) groups excluding carboxylic acids is 2. The summed E-state index contributed by atoms with van der Waals surface area (Å²) in [6.07, 6.45) is -0.524. The topological polar surface area (TPSA) is 59.1 Å². The average molecular weight is 475 g/mol. The summed E-state index contributed by atoms with van der Waals surface area (Å²) in [6.45, 7) is 7.46. The van der Waals surface area contributed by atoms with Crippen molar-refractivity contribution in [2.24, 2.45) is 0 Å². The van der Waals surface area contributed by atoms with E-state index in [9.17, 15) is 9.59 Å². The fraction of sp³-hybridized carbons (Fsp3) is 0.310. The van der Waals surface area contributed by atoms with Gasteiger partial charge in [0.1, 0.15) is 18.1 Å². The van der Waals surface area contributed by atoms with Gasteiger partial charge in [0.25, 0.3) is 0 Å². The summed E-state index contributed by atoms with van der Waals surface area (Å²) in [4.78, 5) is 29.1. The van der Waals surface area contributed by atoms with Gasteiger partial charge in [-0.15, -0.1) is 0 Å². The first kappa shape index (κ1) is 26.0. The van der Waals surface area contributed by atoms with Gasteiger partial charge < -0.3 is 14.4 Å². The number of hydrogen-bond donors (Lipinski definition) is 0. The Labute approximate surface area is 208 Å². The normalized spacial score (nSPS) is 11.3. The summed E-state index contributed by atoms with van der Waals surface area (Å²) < 4.78 is 11.4. The highest BCUT2D eigenvalue weighted by atomic mass is 16.6. The standard InChI is InChI=1S/C29H34N2O4/c1-29(2,3)31(19-22-12-8-6-9-13-22)20-27(32)24-16-25(34-21-23-14-10-7-11-15-23)18-26(17-24)35-28(33)30(4)5/h6-18H,19-21H2,1-5H3. The van der Waals surface area contributed by atoms with Crippen molar-refractivity contribution in [2.45, 2.75) is 39.5 Å². The van der Waals surface area contributed by atoms with E-state index in [2.05, 4.69) is 37.8 Å². The molecule has 0 spiro atoms. The smallest absolute Gasteiger partial charge is 0.414 e. The van der Waals surface area contributed by atoms with E-state index in [0.717, 1.165) is 11.1 Å². The number of hydrogen-bond acceptors (Lipinski definition) is 5. The van der Waals surface area contributed by atoms with Crippen LogP contribution in [0.3, 0.4) is 0 Å². The zero-order valence-electron chi connectivity index (χ0n) is 21.2. The van der Waals surface area contributed by atoms with Crippen LogP contribution in [0.2, 0.25) is 0 Å². The molecule has 0 radical (unpaired) electrons. The number of rotatable bonds is 9. The minimum atomic E-state index is -0.524. The summed E-state index contributed by atoms with van der Waals surface area (Å²) in [7, 11) is 3.21. The summed E-state index contributed by atoms with van der Waals surface area (Å²) in [5.74, 6) is 0.651. The molecular formula is C29H34N2O4. The van der Waals surface area contributed by atoms with Gasteiger partial charge in [-0.3, -0.25) is 9.69 Å². The second-order valence-electron chi connectivity index (χ2n) is 9.67. The molecule has 3 aromatic carbocycles. The number of ketones is 1. The van der Waals surface area contributed by atoms with Crippen molar-refractivity contribution in [2.75, 3.05) is 20.6 Å². The Hall–Kier alpha value is -3.64. The lowest BCUT2D eigenvalue weighted by Crippen LogP contribution is -2.43. The summed E-state index contributed by atoms with van der Waals surface area (Å²) in [5.41, 5.74) is 2.33. The maximum absolute atomic E-state index is 13.4. The molecule has 0 bridgehead atoms. The number of benzene rings is 3. The number of Topliss-reactive ketones (excluding diaryl/α,β-unsaturated/α-hetero) is 1. The van der Waals surface area contributed by atoms with Crippen LogP contribution in [-0.2, 0) is 13.2 Å². The van der Waals surface area contributed by atoms with Crippen molar-refractivity contribution in [3.8, 4) is 11.5 Å². The highest BCUT2D eigenvalue weighted by Gasteiger charge is 2.25. The van der Waals surface area contributed by atoms with Gasteiger partial charge in [-0.1, -0.05) is 60.7 Å². The predicted octanol–water partition coefficient (Wildman–Crippen LogP) is 5.81. The van der Waals surface area contributed by atoms with Crippen molar-refractivity contribution in [3.63, 3.8) is 0 Å². The lowest BCUT2D eigenvalue weighted by molar-refractivity contribution is 0.0792. The second-order valence-corrected chi connectivity index (χ2v) is 9.67. The first-order valence-corrected chi connectivity index (χ1v) is 11.6. The largest absolute Gasteiger partial charge is 0.489 e. The first-order valence-electron chi connectivity index (χ1n) is 11.6. The fourth-order valence-corrected chi connectivity index (χ4v) is 3.41. The van der Waals surface area contributed by atoms with Crippen LogP contribution in [0, 0.1) is 0 Å². The molecule has 0 atom stereocenters. The van der Waals surface area contributed by atoms with Crippen LogP contribution in [0.1, 0.15) is 42.3 Å². The zero-order valence-corrected chi connectivity index (χ0v) is 21.2. The maximum atomic E-state index is 13.4. The third-order valence-electron chi connectivity index (χ3n) is 5.52. The molecular weight excluding hydrogens is 440 g/mol. The Morgan fingerprint density at radius 3 is 1.94 bits per heavy atom. The molecule has 0 fully saturated rings. The average Bonchev–Trinajstić information content (AvgIpc) is 2.83. The highest BCUT2D eigenvalue weighted by Crippen LogP contribution is 2.26. The monoisotopic (exact) mass is 474 g/mol. The quantitative estimate of drug-likeness (QED) is 0.366. The molecule has 0 aliphatic carbocycles. The van der Waals surface area contributed by atoms with Gasteiger partial charge in [-0.2, -0.15) is 0 Å². The van der Waals surface area contributed by atoms with Crippen molar-refractivity contribution in [1.82, 2.24) is 9.80 Å². The van der Waals surface area contributed by atoms with Crippen molar-refractivity contribution >= 4 is 11.9 Å². The number of nitrogens with zero attached hydrogens (tertiary/aromatic N) is 2. The van der Waals surface area contributed by atoms with Crippen LogP contribution in [0.15, 0.2) is 78.9 Å². The molecule has 0 aromatic heterocycles. The van der Waals surface area contributed by atoms with E-state index in [1.807, 2.05) is 48.5 Å². The Kier molecular flexibility index (Phi) is 8.66. The molecule has 0 heterocycles. The molecule has 35 heavy (non-hydrogen) atoms. The Bertz CT molecular complexity index is 1120. The van der Waals surface area contributed by atoms with Gasteiger partial charge in [-0.25, -0.2) is 4.79 Å². The van der Waals surface area contributed by atoms with Crippen LogP contribution in [0.4, 0.5) is 4.79 Å². The van der Waals surface area contributed by atoms with Gasteiger partial charge in [-0.05, 0) is 44.0 Å². The third-order valence-corrected chi connectivity index (χ3v) is 5.52. The van der Waals surface area contributed by atoms with E-state index in [1.165, 1.54) is 4.90 Å². The molecule has 0 saturated carbocycles. The summed E-state index contributed by atoms with van der Waals surface area (Å²) >= 11 is 0. The van der Waals surface area contributed by atoms with E-state index in [4.69, 9.17) is 9.47 Å². The Balaban J connectivity index is 1.85. The van der Waals surface area contributed by atoms with Crippen molar-refractivity contribution in [1.29, 1.82) is 0 Å². The van der Waals surface area contributed by atoms with E-state index < -0.39 is 6.09 Å². The molecule has 3 aromatic rings. The maximum Gasteiger partial charge on any atom is 0.414 e. The van der Waals surface area contributed by atoms with E-state index >= 15 is 0 Å². The number of amides is 1. The van der Waals surface area contributed by atoms with Gasteiger partial charge in [0.05, 0.1) is 6.54 Å². The van der Waals surface area contributed by atoms with Crippen LogP contribution >= 0.6 is 0 Å². The lowest BCUT2D eigenvalue weighted by atomic mass is 10.0. The van der Waals surface area contributed by atoms with E-state index in [-0.39, 0.29) is 23.6 Å². The molecule has 1 amide bonds. The summed E-state index contributed by atoms with van der Waals surface area (Å²) in [6, 6.07) is 24.8. The SMILES string of the molecule is CN(C)C(=O)Oc1cc(OCc2ccccc2)cc(C(=O)CN(Cc2ccccc2)C(C)(C)C)c1. The van der Waals surface area contributed by atoms with Gasteiger partial charge in [0.15, 0.2) is 5.78 Å². The lowest BCUT2D eigenvalue weighted by Gasteiger charge is -2.35. The van der Waals surface area contributed by atoms with Crippen LogP contribution < -0.4 is 9.47 Å². The minimum absolute atomic E-state index is 0.0804. The fourth-order valence-electron chi connectivity index (χ4n) is 3.41. The van der Waals surface area contributed by atoms with E-state index in [0.29, 0.717) is 24.5 Å². The van der Waals surface area contributed by atoms with Gasteiger partial charge in [0, 0.05) is 37.8 Å². The molecule has 6 nitrogen and oxygen atoms in total. The molecule has 0 N–H and O–H groups in total. The number of ether oxygens (including phenoxy) is 2. The predicted molar refractivity (Wildman–Crippen MR) is 138 cm³/mol. The Morgan fingerprint density at radius 1 is 0.800 bits per heavy atom. The molecule has 0 unspecified atom stereocenters. The minimum Gasteiger partial charge on any atom is -0.489 e. The van der Waals surface area contributed by atoms with Gasteiger partial charge in [0.2, 0.25) is 0 Å². The highest BCUT2D eigenvalue weighted by molar-refractivity contribution is 5.98. The molecule has 0 saturated heterocycles. The molecule has 6 heteroatoms. The molecule has 0 aliphatic rings. The molecule has 184 valence electrons. The van der Waals surface area contributed by atoms with Crippen molar-refractivity contribution in [3.05, 3.63) is 95.6 Å².